The minimum absolute atomic E-state index is 0.358. The highest BCUT2D eigenvalue weighted by atomic mass is 32.2. The summed E-state index contributed by atoms with van der Waals surface area (Å²) >= 11 is 3.53. The van der Waals surface area contributed by atoms with Crippen LogP contribution >= 0.6 is 23.5 Å². The molecule has 1 amide bonds. The first-order valence-electron chi connectivity index (χ1n) is 8.66. The van der Waals surface area contributed by atoms with E-state index in [-0.39, 0.29) is 0 Å². The highest BCUT2D eigenvalue weighted by Gasteiger charge is 2.25. The molecule has 2 aliphatic heterocycles. The van der Waals surface area contributed by atoms with Crippen molar-refractivity contribution in [3.8, 4) is 0 Å². The van der Waals surface area contributed by atoms with Crippen molar-refractivity contribution in [1.82, 2.24) is 14.9 Å². The number of piperidine rings is 1. The lowest BCUT2D eigenvalue weighted by Gasteiger charge is -2.34. The van der Waals surface area contributed by atoms with Crippen molar-refractivity contribution < 1.29 is 4.79 Å². The number of thioether (sulfide) groups is 2. The van der Waals surface area contributed by atoms with Gasteiger partial charge in [-0.2, -0.15) is 11.8 Å². The second-order valence-electron chi connectivity index (χ2n) is 6.48. The summed E-state index contributed by atoms with van der Waals surface area (Å²) < 4.78 is 0. The summed E-state index contributed by atoms with van der Waals surface area (Å²) in [5, 5.41) is 0.838. The molecule has 3 heterocycles. The van der Waals surface area contributed by atoms with Crippen molar-refractivity contribution in [2.75, 3.05) is 48.8 Å². The maximum Gasteiger partial charge on any atom is 0.222 e. The zero-order chi connectivity index (χ0) is 16.9. The number of carbonyl (C=O) groups is 1. The molecule has 2 fully saturated rings. The van der Waals surface area contributed by atoms with Crippen LogP contribution in [0.3, 0.4) is 0 Å². The monoisotopic (exact) mass is 366 g/mol. The van der Waals surface area contributed by atoms with Gasteiger partial charge in [0.05, 0.1) is 0 Å². The molecule has 0 aliphatic carbocycles. The van der Waals surface area contributed by atoms with Gasteiger partial charge < -0.3 is 9.80 Å². The smallest absolute Gasteiger partial charge is 0.222 e. The molecule has 0 bridgehead atoms. The van der Waals surface area contributed by atoms with Crippen LogP contribution in [0.4, 0.5) is 5.82 Å². The van der Waals surface area contributed by atoms with E-state index < -0.39 is 0 Å². The fourth-order valence-electron chi connectivity index (χ4n) is 3.33. The molecule has 0 radical (unpaired) electrons. The standard InChI is InChI=1S/C17H26N4OS2/c1-13-11-15(19-17(18-13)23-2)20-5-3-14(4-6-20)12-16(22)21-7-9-24-10-8-21/h11,14H,3-10,12H2,1-2H3. The third-order valence-electron chi connectivity index (χ3n) is 4.77. The summed E-state index contributed by atoms with van der Waals surface area (Å²) in [6, 6.07) is 2.07. The minimum atomic E-state index is 0.358. The first-order valence-corrected chi connectivity index (χ1v) is 11.0. The quantitative estimate of drug-likeness (QED) is 0.603. The predicted octanol–water partition coefficient (Wildman–Crippen LogP) is 2.69. The predicted molar refractivity (Wildman–Crippen MR) is 102 cm³/mol. The zero-order valence-electron chi connectivity index (χ0n) is 14.5. The number of hydrogen-bond donors (Lipinski definition) is 0. The minimum Gasteiger partial charge on any atom is -0.356 e. The van der Waals surface area contributed by atoms with Crippen molar-refractivity contribution in [3.63, 3.8) is 0 Å². The number of nitrogens with zero attached hydrogens (tertiary/aromatic N) is 4. The molecule has 24 heavy (non-hydrogen) atoms. The van der Waals surface area contributed by atoms with Gasteiger partial charge in [0.25, 0.3) is 0 Å². The van der Waals surface area contributed by atoms with Crippen molar-refractivity contribution in [2.45, 2.75) is 31.3 Å². The Morgan fingerprint density at radius 2 is 1.96 bits per heavy atom. The summed E-state index contributed by atoms with van der Waals surface area (Å²) in [5.41, 5.74) is 1.02. The van der Waals surface area contributed by atoms with Gasteiger partial charge in [-0.3, -0.25) is 4.79 Å². The molecule has 0 N–H and O–H groups in total. The number of anilines is 1. The molecule has 0 saturated carbocycles. The Balaban J connectivity index is 1.52. The van der Waals surface area contributed by atoms with E-state index in [0.29, 0.717) is 11.8 Å². The van der Waals surface area contributed by atoms with Gasteiger partial charge in [0.1, 0.15) is 5.82 Å². The number of hydrogen-bond acceptors (Lipinski definition) is 6. The molecule has 3 rings (SSSR count). The van der Waals surface area contributed by atoms with Gasteiger partial charge in [-0.25, -0.2) is 9.97 Å². The van der Waals surface area contributed by atoms with Crippen LogP contribution in [0.1, 0.15) is 25.0 Å². The van der Waals surface area contributed by atoms with Gasteiger partial charge in [0, 0.05) is 55.9 Å². The van der Waals surface area contributed by atoms with Gasteiger partial charge in [-0.15, -0.1) is 0 Å². The molecule has 2 saturated heterocycles. The summed E-state index contributed by atoms with van der Waals surface area (Å²) in [6.45, 7) is 5.85. The molecule has 132 valence electrons. The molecule has 5 nitrogen and oxygen atoms in total. The first-order chi connectivity index (χ1) is 11.7. The number of amides is 1. The molecule has 0 atom stereocenters. The lowest BCUT2D eigenvalue weighted by atomic mass is 9.93. The van der Waals surface area contributed by atoms with Crippen molar-refractivity contribution in [1.29, 1.82) is 0 Å². The molecule has 1 aromatic rings. The Morgan fingerprint density at radius 3 is 2.62 bits per heavy atom. The Hall–Kier alpha value is -0.950. The van der Waals surface area contributed by atoms with E-state index in [0.717, 1.165) is 73.6 Å². The van der Waals surface area contributed by atoms with E-state index in [1.807, 2.05) is 24.9 Å². The molecule has 7 heteroatoms. The van der Waals surface area contributed by atoms with Crippen LogP contribution < -0.4 is 4.90 Å². The van der Waals surface area contributed by atoms with E-state index in [1.165, 1.54) is 0 Å². The van der Waals surface area contributed by atoms with Crippen LogP contribution in [0.2, 0.25) is 0 Å². The van der Waals surface area contributed by atoms with Crippen LogP contribution in [0.25, 0.3) is 0 Å². The third-order valence-corrected chi connectivity index (χ3v) is 6.26. The number of aromatic nitrogens is 2. The molecule has 0 aromatic carbocycles. The Bertz CT molecular complexity index is 570. The van der Waals surface area contributed by atoms with Gasteiger partial charge in [-0.05, 0) is 31.9 Å². The average Bonchev–Trinajstić information content (AvgIpc) is 2.62. The van der Waals surface area contributed by atoms with Gasteiger partial charge in [-0.1, -0.05) is 11.8 Å². The Morgan fingerprint density at radius 1 is 1.25 bits per heavy atom. The third kappa shape index (κ3) is 4.57. The molecular weight excluding hydrogens is 340 g/mol. The maximum atomic E-state index is 12.4. The topological polar surface area (TPSA) is 49.3 Å². The van der Waals surface area contributed by atoms with Crippen molar-refractivity contribution >= 4 is 35.2 Å². The van der Waals surface area contributed by atoms with Crippen LogP contribution in [0.15, 0.2) is 11.2 Å². The zero-order valence-corrected chi connectivity index (χ0v) is 16.2. The van der Waals surface area contributed by atoms with Gasteiger partial charge in [0.2, 0.25) is 5.91 Å². The molecule has 1 aromatic heterocycles. The Labute approximate surface area is 153 Å². The lowest BCUT2D eigenvalue weighted by molar-refractivity contribution is -0.132. The fraction of sp³-hybridized carbons (Fsp3) is 0.706. The number of carbonyl (C=O) groups excluding carboxylic acids is 1. The van der Waals surface area contributed by atoms with E-state index in [4.69, 9.17) is 0 Å². The summed E-state index contributed by atoms with van der Waals surface area (Å²) in [5.74, 6) is 4.09. The second-order valence-corrected chi connectivity index (χ2v) is 8.48. The van der Waals surface area contributed by atoms with Crippen molar-refractivity contribution in [2.24, 2.45) is 5.92 Å². The van der Waals surface area contributed by atoms with Crippen LogP contribution in [-0.4, -0.2) is 64.7 Å². The number of rotatable bonds is 4. The SMILES string of the molecule is CSc1nc(C)cc(N2CCC(CC(=O)N3CCSCC3)CC2)n1. The first kappa shape index (κ1) is 17.9. The lowest BCUT2D eigenvalue weighted by Crippen LogP contribution is -2.40. The van der Waals surface area contributed by atoms with E-state index in [2.05, 4.69) is 25.8 Å². The van der Waals surface area contributed by atoms with E-state index in [9.17, 15) is 4.79 Å². The second kappa shape index (κ2) is 8.43. The largest absolute Gasteiger partial charge is 0.356 e. The normalized spacial score (nSPS) is 19.6. The number of aryl methyl sites for hydroxylation is 1. The van der Waals surface area contributed by atoms with Crippen molar-refractivity contribution in [3.05, 3.63) is 11.8 Å². The molecule has 0 unspecified atom stereocenters. The molecule has 0 spiro atoms. The summed E-state index contributed by atoms with van der Waals surface area (Å²) in [7, 11) is 0. The van der Waals surface area contributed by atoms with Crippen LogP contribution in [0.5, 0.6) is 0 Å². The van der Waals surface area contributed by atoms with Gasteiger partial charge in [0.15, 0.2) is 5.16 Å². The maximum absolute atomic E-state index is 12.4. The molecule has 2 aliphatic rings. The van der Waals surface area contributed by atoms with E-state index >= 15 is 0 Å². The Kier molecular flexibility index (Phi) is 6.27. The van der Waals surface area contributed by atoms with Crippen LogP contribution in [0, 0.1) is 12.8 Å². The highest BCUT2D eigenvalue weighted by molar-refractivity contribution is 7.99. The average molecular weight is 367 g/mol. The molecular formula is C17H26N4OS2. The van der Waals surface area contributed by atoms with E-state index in [1.54, 1.807) is 11.8 Å². The van der Waals surface area contributed by atoms with Gasteiger partial charge >= 0.3 is 0 Å². The summed E-state index contributed by atoms with van der Waals surface area (Å²) in [4.78, 5) is 25.9. The summed E-state index contributed by atoms with van der Waals surface area (Å²) in [6.07, 6.45) is 4.88. The van der Waals surface area contributed by atoms with Crippen LogP contribution in [-0.2, 0) is 4.79 Å². The fourth-order valence-corrected chi connectivity index (χ4v) is 4.66. The highest BCUT2D eigenvalue weighted by Crippen LogP contribution is 2.26.